The average Bonchev–Trinajstić information content (AvgIpc) is 3.86. The summed E-state index contributed by atoms with van der Waals surface area (Å²) in [5.41, 5.74) is 21.9. The lowest BCUT2D eigenvalue weighted by molar-refractivity contribution is 0.987. The standard InChI is InChI=1S/C79H53N5/c1-50-40-42-65-66-43-41-51(2)45-74(66)81(73(65)44-50)58-27-21-26-54(49-58)76-75(57-47-55(52-22-5-3-6-23-52)46-56(48-57)53-24-7-4-8-25-53)77(82-67-34-15-9-28-59(67)60-29-10-16-35-68(60)82)79(84-71-38-19-13-32-63(71)64-33-14-20-39-72(64)84)80-78(76)83-69-36-17-11-30-61(69)62-31-12-18-37-70(62)83/h3-49H,1-2H3. The van der Waals surface area contributed by atoms with Gasteiger partial charge in [0.25, 0.3) is 0 Å². The Morgan fingerprint density at radius 1 is 0.226 bits per heavy atom. The summed E-state index contributed by atoms with van der Waals surface area (Å²) >= 11 is 0. The highest BCUT2D eigenvalue weighted by Gasteiger charge is 2.32. The van der Waals surface area contributed by atoms with Crippen LogP contribution < -0.4 is 0 Å². The summed E-state index contributed by atoms with van der Waals surface area (Å²) in [6, 6.07) is 105. The third kappa shape index (κ3) is 7.25. The molecule has 17 aromatic rings. The quantitative estimate of drug-likeness (QED) is 0.149. The van der Waals surface area contributed by atoms with Gasteiger partial charge in [0.2, 0.25) is 0 Å². The van der Waals surface area contributed by atoms with E-state index in [1.54, 1.807) is 0 Å². The lowest BCUT2D eigenvalue weighted by atomic mass is 9.88. The van der Waals surface area contributed by atoms with Gasteiger partial charge in [-0.3, -0.25) is 9.13 Å². The van der Waals surface area contributed by atoms with Crippen LogP contribution in [0.5, 0.6) is 0 Å². The van der Waals surface area contributed by atoms with Gasteiger partial charge >= 0.3 is 0 Å². The van der Waals surface area contributed by atoms with Gasteiger partial charge in [-0.2, -0.15) is 0 Å². The molecule has 5 heterocycles. The van der Waals surface area contributed by atoms with E-state index in [1.165, 1.54) is 43.7 Å². The zero-order valence-corrected chi connectivity index (χ0v) is 46.4. The Kier molecular flexibility index (Phi) is 10.7. The van der Waals surface area contributed by atoms with E-state index in [9.17, 15) is 0 Å². The predicted molar refractivity (Wildman–Crippen MR) is 353 cm³/mol. The van der Waals surface area contributed by atoms with Crippen molar-refractivity contribution in [1.82, 2.24) is 23.3 Å². The highest BCUT2D eigenvalue weighted by molar-refractivity contribution is 6.15. The molecule has 12 aromatic carbocycles. The minimum Gasteiger partial charge on any atom is -0.309 e. The van der Waals surface area contributed by atoms with E-state index in [-0.39, 0.29) is 0 Å². The number of aryl methyl sites for hydroxylation is 2. The second kappa shape index (κ2) is 18.8. The molecule has 0 unspecified atom stereocenters. The normalized spacial score (nSPS) is 11.9. The molecule has 0 aliphatic heterocycles. The summed E-state index contributed by atoms with van der Waals surface area (Å²) in [5, 5.41) is 9.44. The lowest BCUT2D eigenvalue weighted by Crippen LogP contribution is -2.13. The fraction of sp³-hybridized carbons (Fsp3) is 0.0253. The second-order valence-corrected chi connectivity index (χ2v) is 22.4. The third-order valence-electron chi connectivity index (χ3n) is 17.4. The summed E-state index contributed by atoms with van der Waals surface area (Å²) < 4.78 is 9.91. The van der Waals surface area contributed by atoms with Crippen LogP contribution in [-0.2, 0) is 0 Å². The molecule has 0 radical (unpaired) electrons. The van der Waals surface area contributed by atoms with E-state index in [0.29, 0.717) is 0 Å². The molecule has 394 valence electrons. The minimum absolute atomic E-state index is 0.811. The van der Waals surface area contributed by atoms with Crippen molar-refractivity contribution >= 4 is 87.2 Å². The van der Waals surface area contributed by atoms with Crippen LogP contribution in [0.4, 0.5) is 0 Å². The van der Waals surface area contributed by atoms with Crippen molar-refractivity contribution in [2.24, 2.45) is 0 Å². The Labute approximate surface area is 485 Å². The molecule has 0 atom stereocenters. The first-order valence-corrected chi connectivity index (χ1v) is 28.9. The van der Waals surface area contributed by atoms with Crippen LogP contribution in [0.15, 0.2) is 285 Å². The van der Waals surface area contributed by atoms with Gasteiger partial charge in [0, 0.05) is 59.9 Å². The number of aromatic nitrogens is 5. The van der Waals surface area contributed by atoms with E-state index in [0.717, 1.165) is 122 Å². The SMILES string of the molecule is Cc1ccc2c3ccc(C)cc3n(-c3cccc(-c4c(-n5c6ccccc6c6ccccc65)nc(-n5c6ccccc6c6ccccc65)c(-n5c6ccccc6c6ccccc65)c4-c4cc(-c5ccccc5)cc(-c5ccccc5)c4)c3)c2c1. The van der Waals surface area contributed by atoms with Crippen LogP contribution in [0.1, 0.15) is 11.1 Å². The topological polar surface area (TPSA) is 32.6 Å². The summed E-state index contributed by atoms with van der Waals surface area (Å²) in [4.78, 5) is 6.47. The molecular weight excluding hydrogens is 1020 g/mol. The fourth-order valence-electron chi connectivity index (χ4n) is 13.8. The van der Waals surface area contributed by atoms with Crippen molar-refractivity contribution in [3.05, 3.63) is 296 Å². The molecular formula is C79H53N5. The molecule has 17 rings (SSSR count). The van der Waals surface area contributed by atoms with Crippen LogP contribution >= 0.6 is 0 Å². The van der Waals surface area contributed by atoms with Crippen LogP contribution in [0.25, 0.3) is 155 Å². The van der Waals surface area contributed by atoms with Crippen molar-refractivity contribution in [3.63, 3.8) is 0 Å². The maximum atomic E-state index is 6.47. The Bertz CT molecular complexity index is 5240. The predicted octanol–water partition coefficient (Wildman–Crippen LogP) is 20.8. The molecule has 0 spiro atoms. The van der Waals surface area contributed by atoms with E-state index < -0.39 is 0 Å². The Morgan fingerprint density at radius 2 is 0.583 bits per heavy atom. The van der Waals surface area contributed by atoms with Gasteiger partial charge in [-0.25, -0.2) is 4.98 Å². The number of benzene rings is 12. The first-order chi connectivity index (χ1) is 41.5. The molecule has 0 fully saturated rings. The largest absolute Gasteiger partial charge is 0.309 e. The van der Waals surface area contributed by atoms with Crippen LogP contribution in [0.3, 0.4) is 0 Å². The van der Waals surface area contributed by atoms with Crippen molar-refractivity contribution in [2.45, 2.75) is 13.8 Å². The van der Waals surface area contributed by atoms with E-state index in [4.69, 9.17) is 4.98 Å². The smallest absolute Gasteiger partial charge is 0.165 e. The van der Waals surface area contributed by atoms with Crippen LogP contribution in [0.2, 0.25) is 0 Å². The van der Waals surface area contributed by atoms with Crippen molar-refractivity contribution in [2.75, 3.05) is 0 Å². The van der Waals surface area contributed by atoms with E-state index >= 15 is 0 Å². The first kappa shape index (κ1) is 47.8. The molecule has 0 aliphatic rings. The van der Waals surface area contributed by atoms with Gasteiger partial charge in [-0.15, -0.1) is 0 Å². The van der Waals surface area contributed by atoms with Crippen molar-refractivity contribution < 1.29 is 0 Å². The summed E-state index contributed by atoms with van der Waals surface area (Å²) in [5.74, 6) is 1.63. The zero-order chi connectivity index (χ0) is 55.6. The molecule has 84 heavy (non-hydrogen) atoms. The zero-order valence-electron chi connectivity index (χ0n) is 46.4. The molecule has 0 amide bonds. The van der Waals surface area contributed by atoms with Gasteiger partial charge in [0.1, 0.15) is 5.82 Å². The van der Waals surface area contributed by atoms with Crippen molar-refractivity contribution in [1.29, 1.82) is 0 Å². The summed E-state index contributed by atoms with van der Waals surface area (Å²) in [7, 11) is 0. The van der Waals surface area contributed by atoms with Gasteiger partial charge < -0.3 is 9.13 Å². The average molecular weight is 1070 g/mol. The van der Waals surface area contributed by atoms with Gasteiger partial charge in [-0.05, 0) is 137 Å². The van der Waals surface area contributed by atoms with E-state index in [2.05, 4.69) is 317 Å². The van der Waals surface area contributed by atoms with Crippen LogP contribution in [-0.4, -0.2) is 23.3 Å². The number of hydrogen-bond donors (Lipinski definition) is 0. The Balaban J connectivity index is 1.15. The van der Waals surface area contributed by atoms with Crippen LogP contribution in [0, 0.1) is 13.8 Å². The van der Waals surface area contributed by atoms with E-state index in [1.807, 2.05) is 0 Å². The Morgan fingerprint density at radius 3 is 1.02 bits per heavy atom. The maximum absolute atomic E-state index is 6.47. The molecule has 0 saturated heterocycles. The molecule has 5 heteroatoms. The number of rotatable bonds is 8. The molecule has 0 saturated carbocycles. The number of fused-ring (bicyclic) bond motifs is 12. The minimum atomic E-state index is 0.811. The first-order valence-electron chi connectivity index (χ1n) is 28.9. The summed E-state index contributed by atoms with van der Waals surface area (Å²) in [6.07, 6.45) is 0. The number of hydrogen-bond acceptors (Lipinski definition) is 1. The number of pyridine rings is 1. The van der Waals surface area contributed by atoms with Gasteiger partial charge in [0.05, 0.1) is 49.8 Å². The molecule has 0 bridgehead atoms. The molecule has 0 aliphatic carbocycles. The van der Waals surface area contributed by atoms with Gasteiger partial charge in [0.15, 0.2) is 5.82 Å². The molecule has 5 aromatic heterocycles. The lowest BCUT2D eigenvalue weighted by Gasteiger charge is -2.27. The van der Waals surface area contributed by atoms with Crippen molar-refractivity contribution in [3.8, 4) is 67.5 Å². The molecule has 0 N–H and O–H groups in total. The summed E-state index contributed by atoms with van der Waals surface area (Å²) in [6.45, 7) is 4.39. The highest BCUT2D eigenvalue weighted by Crippen LogP contribution is 2.50. The number of para-hydroxylation sites is 6. The monoisotopic (exact) mass is 1070 g/mol. The molecule has 5 nitrogen and oxygen atoms in total. The maximum Gasteiger partial charge on any atom is 0.165 e. The third-order valence-corrected chi connectivity index (χ3v) is 17.4. The second-order valence-electron chi connectivity index (χ2n) is 22.4. The Hall–Kier alpha value is -11.0. The number of nitrogens with zero attached hydrogens (tertiary/aromatic N) is 5. The van der Waals surface area contributed by atoms with Gasteiger partial charge in [-0.1, -0.05) is 206 Å². The highest BCUT2D eigenvalue weighted by atomic mass is 15.2. The fourth-order valence-corrected chi connectivity index (χ4v) is 13.8.